The van der Waals surface area contributed by atoms with Crippen LogP contribution in [0.2, 0.25) is 0 Å². The molecule has 23 heavy (non-hydrogen) atoms. The summed E-state index contributed by atoms with van der Waals surface area (Å²) in [5.74, 6) is 1.00. The molecule has 6 heteroatoms. The summed E-state index contributed by atoms with van der Waals surface area (Å²) in [7, 11) is 0. The lowest BCUT2D eigenvalue weighted by Crippen LogP contribution is -2.46. The normalized spacial score (nSPS) is 14.4. The Labute approximate surface area is 134 Å². The average Bonchev–Trinajstić information content (AvgIpc) is 2.90. The molecule has 1 aliphatic heterocycles. The molecule has 0 atom stereocenters. The van der Waals surface area contributed by atoms with E-state index in [1.54, 1.807) is 4.90 Å². The van der Waals surface area contributed by atoms with Gasteiger partial charge in [0.1, 0.15) is 5.60 Å². The molecule has 0 aliphatic carbocycles. The van der Waals surface area contributed by atoms with Crippen molar-refractivity contribution in [1.82, 2.24) is 15.0 Å². The number of amides is 1. The zero-order valence-electron chi connectivity index (χ0n) is 13.4. The molecule has 0 radical (unpaired) electrons. The number of carbonyl (C=O) groups excluding carboxylic acids is 1. The van der Waals surface area contributed by atoms with Crippen molar-refractivity contribution in [2.24, 2.45) is 0 Å². The molecule has 0 bridgehead atoms. The van der Waals surface area contributed by atoms with E-state index in [-0.39, 0.29) is 6.09 Å². The molecule has 0 unspecified atom stereocenters. The minimum absolute atomic E-state index is 0.298. The van der Waals surface area contributed by atoms with Gasteiger partial charge in [-0.3, -0.25) is 0 Å². The van der Waals surface area contributed by atoms with E-state index in [0.717, 1.165) is 11.1 Å². The number of rotatable bonds is 2. The van der Waals surface area contributed by atoms with Crippen LogP contribution in [0.1, 0.15) is 26.6 Å². The van der Waals surface area contributed by atoms with Crippen LogP contribution in [-0.2, 0) is 4.74 Å². The fourth-order valence-electron chi connectivity index (χ4n) is 2.16. The zero-order valence-corrected chi connectivity index (χ0v) is 13.4. The largest absolute Gasteiger partial charge is 0.444 e. The van der Waals surface area contributed by atoms with E-state index in [9.17, 15) is 4.79 Å². The molecule has 1 saturated heterocycles. The van der Waals surface area contributed by atoms with Crippen molar-refractivity contribution in [3.8, 4) is 11.5 Å². The molecule has 1 amide bonds. The monoisotopic (exact) mass is 313 g/mol. The maximum Gasteiger partial charge on any atom is 0.410 e. The quantitative estimate of drug-likeness (QED) is 0.850. The Morgan fingerprint density at radius 2 is 1.96 bits per heavy atom. The van der Waals surface area contributed by atoms with Crippen molar-refractivity contribution >= 4 is 12.2 Å². The summed E-state index contributed by atoms with van der Waals surface area (Å²) in [6, 6.07) is 9.60. The van der Waals surface area contributed by atoms with Gasteiger partial charge in [-0.05, 0) is 44.6 Å². The lowest BCUT2D eigenvalue weighted by Gasteiger charge is -2.35. The Morgan fingerprint density at radius 3 is 2.61 bits per heavy atom. The van der Waals surface area contributed by atoms with E-state index in [4.69, 9.17) is 9.26 Å². The van der Waals surface area contributed by atoms with Gasteiger partial charge in [-0.1, -0.05) is 23.4 Å². The topological polar surface area (TPSA) is 68.5 Å². The summed E-state index contributed by atoms with van der Waals surface area (Å²) >= 11 is 0. The highest BCUT2D eigenvalue weighted by molar-refractivity contribution is 5.72. The predicted molar refractivity (Wildman–Crippen MR) is 85.5 cm³/mol. The van der Waals surface area contributed by atoms with Crippen LogP contribution in [-0.4, -0.2) is 39.8 Å². The Bertz CT molecular complexity index is 721. The highest BCUT2D eigenvalue weighted by atomic mass is 16.6. The van der Waals surface area contributed by atoms with Gasteiger partial charge in [-0.15, -0.1) is 0 Å². The van der Waals surface area contributed by atoms with Crippen LogP contribution in [0, 0.1) is 0 Å². The molecule has 3 rings (SSSR count). The number of benzene rings is 1. The van der Waals surface area contributed by atoms with Crippen molar-refractivity contribution in [3.05, 3.63) is 41.7 Å². The summed E-state index contributed by atoms with van der Waals surface area (Å²) in [6.45, 7) is 6.62. The number of likely N-dealkylation sites (tertiary alicyclic amines) is 1. The molecule has 120 valence electrons. The first-order valence-electron chi connectivity index (χ1n) is 7.47. The van der Waals surface area contributed by atoms with Gasteiger partial charge in [0.25, 0.3) is 5.89 Å². The van der Waals surface area contributed by atoms with E-state index >= 15 is 0 Å². The van der Waals surface area contributed by atoms with Gasteiger partial charge in [0.15, 0.2) is 5.82 Å². The third kappa shape index (κ3) is 3.77. The van der Waals surface area contributed by atoms with Gasteiger partial charge in [0.2, 0.25) is 0 Å². The van der Waals surface area contributed by atoms with Gasteiger partial charge in [-0.2, -0.15) is 4.98 Å². The van der Waals surface area contributed by atoms with Crippen LogP contribution in [0.15, 0.2) is 40.4 Å². The van der Waals surface area contributed by atoms with Crippen LogP contribution < -0.4 is 0 Å². The molecule has 0 spiro atoms. The molecule has 2 heterocycles. The van der Waals surface area contributed by atoms with E-state index in [0.29, 0.717) is 24.8 Å². The Balaban J connectivity index is 1.60. The summed E-state index contributed by atoms with van der Waals surface area (Å²) in [5, 5.41) is 3.95. The van der Waals surface area contributed by atoms with Crippen molar-refractivity contribution in [1.29, 1.82) is 0 Å². The molecule has 1 aromatic heterocycles. The number of hydrogen-bond acceptors (Lipinski definition) is 5. The third-order valence-corrected chi connectivity index (χ3v) is 3.24. The van der Waals surface area contributed by atoms with Crippen molar-refractivity contribution in [2.45, 2.75) is 26.4 Å². The molecule has 6 nitrogen and oxygen atoms in total. The Kier molecular flexibility index (Phi) is 3.90. The number of hydrogen-bond donors (Lipinski definition) is 0. The standard InChI is InChI=1S/C17H19N3O3/c1-17(2,3)22-16(21)20-10-12(11-20)9-14-18-15(23-19-14)13-7-5-4-6-8-13/h4-9H,10-11H2,1-3H3. The first-order chi connectivity index (χ1) is 10.9. The van der Waals surface area contributed by atoms with E-state index in [1.165, 1.54) is 0 Å². The zero-order chi connectivity index (χ0) is 16.4. The minimum atomic E-state index is -0.477. The first kappa shape index (κ1) is 15.3. The maximum absolute atomic E-state index is 11.9. The van der Waals surface area contributed by atoms with Crippen LogP contribution in [0.3, 0.4) is 0 Å². The summed E-state index contributed by atoms with van der Waals surface area (Å²) in [6.07, 6.45) is 1.55. The first-order valence-corrected chi connectivity index (χ1v) is 7.47. The lowest BCUT2D eigenvalue weighted by molar-refractivity contribution is 0.0216. The highest BCUT2D eigenvalue weighted by Gasteiger charge is 2.29. The van der Waals surface area contributed by atoms with Gasteiger partial charge >= 0.3 is 6.09 Å². The molecule has 1 aromatic carbocycles. The van der Waals surface area contributed by atoms with Crippen molar-refractivity contribution in [2.75, 3.05) is 13.1 Å². The SMILES string of the molecule is CC(C)(C)OC(=O)N1CC(=Cc2noc(-c3ccccc3)n2)C1. The minimum Gasteiger partial charge on any atom is -0.444 e. The maximum atomic E-state index is 11.9. The predicted octanol–water partition coefficient (Wildman–Crippen LogP) is 3.37. The van der Waals surface area contributed by atoms with Crippen molar-refractivity contribution in [3.63, 3.8) is 0 Å². The Hall–Kier alpha value is -2.63. The molecular formula is C17H19N3O3. The summed E-state index contributed by atoms with van der Waals surface area (Å²) < 4.78 is 10.6. The van der Waals surface area contributed by atoms with Gasteiger partial charge in [-0.25, -0.2) is 4.79 Å². The fraction of sp³-hybridized carbons (Fsp3) is 0.353. The molecular weight excluding hydrogens is 294 g/mol. The third-order valence-electron chi connectivity index (χ3n) is 3.24. The molecule has 1 aliphatic rings. The molecule has 1 fully saturated rings. The molecule has 0 N–H and O–H groups in total. The number of aromatic nitrogens is 2. The number of nitrogens with zero attached hydrogens (tertiary/aromatic N) is 3. The van der Waals surface area contributed by atoms with Crippen LogP contribution in [0.25, 0.3) is 17.5 Å². The Morgan fingerprint density at radius 1 is 1.26 bits per heavy atom. The van der Waals surface area contributed by atoms with Gasteiger partial charge < -0.3 is 14.2 Å². The molecule has 0 saturated carbocycles. The number of ether oxygens (including phenoxy) is 1. The van der Waals surface area contributed by atoms with E-state index in [2.05, 4.69) is 10.1 Å². The smallest absolute Gasteiger partial charge is 0.410 e. The van der Waals surface area contributed by atoms with Crippen LogP contribution >= 0.6 is 0 Å². The van der Waals surface area contributed by atoms with Crippen molar-refractivity contribution < 1.29 is 14.1 Å². The van der Waals surface area contributed by atoms with Crippen LogP contribution in [0.4, 0.5) is 4.79 Å². The van der Waals surface area contributed by atoms with Gasteiger partial charge in [0.05, 0.1) is 0 Å². The van der Waals surface area contributed by atoms with Crippen LogP contribution in [0.5, 0.6) is 0 Å². The second kappa shape index (κ2) is 5.87. The lowest BCUT2D eigenvalue weighted by atomic mass is 10.1. The summed E-state index contributed by atoms with van der Waals surface area (Å²) in [5.41, 5.74) is 1.47. The second-order valence-electron chi connectivity index (χ2n) is 6.46. The molecule has 2 aromatic rings. The fourth-order valence-corrected chi connectivity index (χ4v) is 2.16. The van der Waals surface area contributed by atoms with E-state index < -0.39 is 5.60 Å². The van der Waals surface area contributed by atoms with Gasteiger partial charge in [0, 0.05) is 18.7 Å². The highest BCUT2D eigenvalue weighted by Crippen LogP contribution is 2.22. The summed E-state index contributed by atoms with van der Waals surface area (Å²) in [4.78, 5) is 17.8. The second-order valence-corrected chi connectivity index (χ2v) is 6.46. The number of carbonyl (C=O) groups is 1. The van der Waals surface area contributed by atoms with E-state index in [1.807, 2.05) is 57.2 Å². The average molecular weight is 313 g/mol.